The van der Waals surface area contributed by atoms with Gasteiger partial charge in [0.25, 0.3) is 0 Å². The Labute approximate surface area is 214 Å². The highest BCUT2D eigenvalue weighted by Gasteiger charge is 2.51. The van der Waals surface area contributed by atoms with Crippen LogP contribution in [0.25, 0.3) is 0 Å². The fourth-order valence-corrected chi connectivity index (χ4v) is 8.36. The van der Waals surface area contributed by atoms with E-state index in [1.54, 1.807) is 46.2 Å². The molecule has 0 spiro atoms. The molecule has 0 unspecified atom stereocenters. The summed E-state index contributed by atoms with van der Waals surface area (Å²) in [5, 5.41) is 3.06. The van der Waals surface area contributed by atoms with Gasteiger partial charge in [-0.15, -0.1) is 0 Å². The van der Waals surface area contributed by atoms with E-state index in [9.17, 15) is 9.13 Å². The van der Waals surface area contributed by atoms with E-state index in [1.165, 1.54) is 0 Å². The van der Waals surface area contributed by atoms with Crippen molar-refractivity contribution in [2.24, 2.45) is 0 Å². The highest BCUT2D eigenvalue weighted by molar-refractivity contribution is 7.72. The third kappa shape index (κ3) is 8.00. The Kier molecular flexibility index (Phi) is 12.3. The van der Waals surface area contributed by atoms with Gasteiger partial charge in [0.2, 0.25) is 5.52 Å². The highest BCUT2D eigenvalue weighted by Crippen LogP contribution is 2.70. The van der Waals surface area contributed by atoms with E-state index < -0.39 is 20.7 Å². The molecule has 1 N–H and O–H groups in total. The van der Waals surface area contributed by atoms with Crippen molar-refractivity contribution >= 4 is 32.5 Å². The van der Waals surface area contributed by atoms with Crippen molar-refractivity contribution in [1.29, 1.82) is 0 Å². The predicted octanol–water partition coefficient (Wildman–Crippen LogP) is 5.28. The number of nitrogens with one attached hydrogen (secondary N) is 1. The first-order chi connectivity index (χ1) is 17.2. The number of pyridine rings is 2. The third-order valence-corrected chi connectivity index (χ3v) is 10.7. The van der Waals surface area contributed by atoms with Crippen LogP contribution in [0, 0.1) is 0 Å². The van der Waals surface area contributed by atoms with Crippen LogP contribution in [-0.2, 0) is 27.2 Å². The minimum Gasteiger partial charge on any atom is -0.370 e. The van der Waals surface area contributed by atoms with Crippen molar-refractivity contribution in [3.63, 3.8) is 0 Å². The summed E-state index contributed by atoms with van der Waals surface area (Å²) in [6.45, 7) is 8.40. The molecule has 2 heterocycles. The molecule has 0 aliphatic carbocycles. The van der Waals surface area contributed by atoms with Gasteiger partial charge in [-0.05, 0) is 52.0 Å². The van der Waals surface area contributed by atoms with Crippen LogP contribution in [0.5, 0.6) is 0 Å². The standard InChI is InChI=1S/C23H39N5O6P2/c1-7-31-35(29,32-8-2)23(36(30,33-9-3)34-10-4)26-22-20(14-13-17-25-22)27(5)18-19-28(6)21-15-11-12-16-24-21/h11-17,23H,7-10,18-19H2,1-6H3,(H,25,26). The summed E-state index contributed by atoms with van der Waals surface area (Å²) in [5.74, 6) is 1.21. The topological polar surface area (TPSA) is 115 Å². The van der Waals surface area contributed by atoms with Gasteiger partial charge in [0, 0.05) is 39.6 Å². The average Bonchev–Trinajstić information content (AvgIpc) is 2.87. The summed E-state index contributed by atoms with van der Waals surface area (Å²) < 4.78 is 50.0. The number of nitrogens with zero attached hydrogens (tertiary/aromatic N) is 4. The lowest BCUT2D eigenvalue weighted by molar-refractivity contribution is 0.198. The zero-order chi connectivity index (χ0) is 26.6. The molecule has 2 rings (SSSR count). The van der Waals surface area contributed by atoms with Crippen LogP contribution in [0.15, 0.2) is 42.7 Å². The maximum absolute atomic E-state index is 13.9. The lowest BCUT2D eigenvalue weighted by atomic mass is 10.3. The molecule has 13 heteroatoms. The van der Waals surface area contributed by atoms with Crippen LogP contribution in [0.1, 0.15) is 27.7 Å². The van der Waals surface area contributed by atoms with Gasteiger partial charge in [-0.25, -0.2) is 9.97 Å². The van der Waals surface area contributed by atoms with E-state index in [0.717, 1.165) is 5.82 Å². The second kappa shape index (κ2) is 14.7. The largest absolute Gasteiger partial charge is 0.370 e. The summed E-state index contributed by atoms with van der Waals surface area (Å²) >= 11 is 0. The number of hydrogen-bond acceptors (Lipinski definition) is 11. The molecule has 0 saturated carbocycles. The van der Waals surface area contributed by atoms with Crippen molar-refractivity contribution in [2.45, 2.75) is 33.2 Å². The molecule has 0 atom stereocenters. The minimum atomic E-state index is -4.00. The van der Waals surface area contributed by atoms with Crippen LogP contribution in [0.4, 0.5) is 17.3 Å². The Morgan fingerprint density at radius 2 is 1.31 bits per heavy atom. The fraction of sp³-hybridized carbons (Fsp3) is 0.565. The molecule has 11 nitrogen and oxygen atoms in total. The summed E-state index contributed by atoms with van der Waals surface area (Å²) in [5.41, 5.74) is -0.709. The minimum absolute atomic E-state index is 0.0859. The summed E-state index contributed by atoms with van der Waals surface area (Å²) in [4.78, 5) is 12.9. The van der Waals surface area contributed by atoms with E-state index in [4.69, 9.17) is 18.1 Å². The molecular weight excluding hydrogens is 504 g/mol. The van der Waals surface area contributed by atoms with Gasteiger partial charge in [0.1, 0.15) is 5.82 Å². The van der Waals surface area contributed by atoms with E-state index in [1.807, 2.05) is 48.2 Å². The first-order valence-corrected chi connectivity index (χ1v) is 15.3. The number of rotatable bonds is 17. The summed E-state index contributed by atoms with van der Waals surface area (Å²) in [6.07, 6.45) is 3.35. The quantitative estimate of drug-likeness (QED) is 0.263. The van der Waals surface area contributed by atoms with E-state index >= 15 is 0 Å². The molecule has 0 amide bonds. The zero-order valence-corrected chi connectivity index (χ0v) is 23.8. The smallest absolute Gasteiger partial charge is 0.365 e. The van der Waals surface area contributed by atoms with Crippen molar-refractivity contribution in [2.75, 3.05) is 68.7 Å². The molecule has 0 fully saturated rings. The molecule has 0 aliphatic rings. The average molecular weight is 544 g/mol. The lowest BCUT2D eigenvalue weighted by Crippen LogP contribution is -2.32. The van der Waals surface area contributed by atoms with E-state index in [-0.39, 0.29) is 26.4 Å². The van der Waals surface area contributed by atoms with Crippen molar-refractivity contribution < 1.29 is 27.2 Å². The van der Waals surface area contributed by atoms with Crippen molar-refractivity contribution in [1.82, 2.24) is 9.97 Å². The van der Waals surface area contributed by atoms with Gasteiger partial charge in [-0.2, -0.15) is 0 Å². The molecule has 0 aliphatic heterocycles. The Hall–Kier alpha value is -2.00. The Bertz CT molecular complexity index is 965. The van der Waals surface area contributed by atoms with Crippen LogP contribution in [0.3, 0.4) is 0 Å². The first kappa shape index (κ1) is 30.2. The van der Waals surface area contributed by atoms with Gasteiger partial charge < -0.3 is 33.2 Å². The van der Waals surface area contributed by atoms with Crippen molar-refractivity contribution in [3.8, 4) is 0 Å². The number of hydrogen-bond donors (Lipinski definition) is 1. The summed E-state index contributed by atoms with van der Waals surface area (Å²) in [6, 6.07) is 9.42. The van der Waals surface area contributed by atoms with E-state index in [0.29, 0.717) is 24.6 Å². The molecule has 2 aromatic heterocycles. The van der Waals surface area contributed by atoms with Gasteiger partial charge in [-0.1, -0.05) is 6.07 Å². The number of anilines is 3. The molecule has 2 aromatic rings. The molecule has 202 valence electrons. The molecular formula is C23H39N5O6P2. The molecule has 0 aromatic carbocycles. The normalized spacial score (nSPS) is 12.1. The lowest BCUT2D eigenvalue weighted by Gasteiger charge is -2.33. The Morgan fingerprint density at radius 1 is 0.778 bits per heavy atom. The predicted molar refractivity (Wildman–Crippen MR) is 144 cm³/mol. The van der Waals surface area contributed by atoms with Gasteiger partial charge in [-0.3, -0.25) is 9.13 Å². The second-order valence-electron chi connectivity index (χ2n) is 7.67. The SMILES string of the molecule is CCOP(=O)(OCC)C(Nc1ncccc1N(C)CCN(C)c1ccccn1)P(=O)(OCC)OCC. The first-order valence-electron chi connectivity index (χ1n) is 12.1. The maximum Gasteiger partial charge on any atom is 0.365 e. The second-order valence-corrected chi connectivity index (χ2v) is 12.3. The molecule has 0 saturated heterocycles. The fourth-order valence-electron chi connectivity index (χ4n) is 3.46. The van der Waals surface area contributed by atoms with Crippen LogP contribution >= 0.6 is 15.2 Å². The maximum atomic E-state index is 13.9. The summed E-state index contributed by atoms with van der Waals surface area (Å²) in [7, 11) is -4.11. The van der Waals surface area contributed by atoms with Crippen LogP contribution in [-0.4, -0.2) is 69.1 Å². The third-order valence-electron chi connectivity index (χ3n) is 5.11. The molecule has 0 bridgehead atoms. The number of aromatic nitrogens is 2. The number of likely N-dealkylation sites (N-methyl/N-ethyl adjacent to an activating group) is 2. The van der Waals surface area contributed by atoms with Gasteiger partial charge in [0.05, 0.1) is 32.1 Å². The Morgan fingerprint density at radius 3 is 1.81 bits per heavy atom. The zero-order valence-electron chi connectivity index (χ0n) is 22.0. The molecule has 36 heavy (non-hydrogen) atoms. The highest BCUT2D eigenvalue weighted by atomic mass is 31.2. The van der Waals surface area contributed by atoms with Crippen LogP contribution < -0.4 is 15.1 Å². The van der Waals surface area contributed by atoms with Crippen LogP contribution in [0.2, 0.25) is 0 Å². The van der Waals surface area contributed by atoms with Gasteiger partial charge >= 0.3 is 15.2 Å². The van der Waals surface area contributed by atoms with Crippen molar-refractivity contribution in [3.05, 3.63) is 42.7 Å². The molecule has 0 radical (unpaired) electrons. The Balaban J connectivity index is 2.38. The van der Waals surface area contributed by atoms with E-state index in [2.05, 4.69) is 15.3 Å². The van der Waals surface area contributed by atoms with Gasteiger partial charge in [0.15, 0.2) is 5.82 Å². The monoisotopic (exact) mass is 543 g/mol.